The van der Waals surface area contributed by atoms with E-state index in [1.807, 2.05) is 91.0 Å². The highest BCUT2D eigenvalue weighted by atomic mass is 16.8. The van der Waals surface area contributed by atoms with Crippen molar-refractivity contribution < 1.29 is 62.1 Å². The van der Waals surface area contributed by atoms with E-state index in [9.17, 15) is 20.2 Å². The molecule has 0 radical (unpaired) electrons. The van der Waals surface area contributed by atoms with E-state index >= 15 is 0 Å². The number of nitrogens with zero attached hydrogens (tertiary/aromatic N) is 3. The maximum Gasteiger partial charge on any atom is 0.338 e. The summed E-state index contributed by atoms with van der Waals surface area (Å²) in [6.07, 6.45) is -12.2. The Bertz CT molecular complexity index is 1830. The number of ether oxygens (including phenoxy) is 10. The van der Waals surface area contributed by atoms with E-state index in [4.69, 9.17) is 47.4 Å². The fourth-order valence-electron chi connectivity index (χ4n) is 6.88. The van der Waals surface area contributed by atoms with Gasteiger partial charge in [0.1, 0.15) is 43.2 Å². The van der Waals surface area contributed by atoms with Gasteiger partial charge in [-0.25, -0.2) is 4.79 Å². The van der Waals surface area contributed by atoms with E-state index in [1.165, 1.54) is 0 Å². The summed E-state index contributed by atoms with van der Waals surface area (Å²) < 4.78 is 63.1. The Labute approximate surface area is 343 Å². The number of rotatable bonds is 16. The largest absolute Gasteiger partial charge is 0.461 e. The third-order valence-electron chi connectivity index (χ3n) is 9.75. The summed E-state index contributed by atoms with van der Waals surface area (Å²) in [4.78, 5) is 30.7. The second-order valence-corrected chi connectivity index (χ2v) is 15.7. The summed E-state index contributed by atoms with van der Waals surface area (Å²) in [5, 5.41) is 13.7. The van der Waals surface area contributed by atoms with Crippen LogP contribution in [0.2, 0.25) is 0 Å². The van der Waals surface area contributed by atoms with E-state index in [0.29, 0.717) is 0 Å². The number of aliphatic hydroxyl groups is 1. The number of aliphatic hydroxyl groups excluding tert-OH is 1. The van der Waals surface area contributed by atoms with Gasteiger partial charge in [0.15, 0.2) is 31.1 Å². The Morgan fingerprint density at radius 2 is 1.44 bits per heavy atom. The SMILES string of the molecule is CC(C)O[C@@H]1O[C@@H](C(=O)OCCO)[C@@H](O[C@H]2O[C@@H]3COC(c4ccccc4)O[C@H]3[C@H](OCc3ccccc3)[C@H]2N=[N+]=[N-])[C@H](OCc2ccccc2)[C@H]1OC(=O)C(C)(C)C. The van der Waals surface area contributed by atoms with Crippen molar-refractivity contribution in [1.82, 2.24) is 0 Å². The lowest BCUT2D eigenvalue weighted by atomic mass is 9.93. The molecule has 0 amide bonds. The smallest absolute Gasteiger partial charge is 0.338 e. The first-order valence-corrected chi connectivity index (χ1v) is 19.7. The summed E-state index contributed by atoms with van der Waals surface area (Å²) in [7, 11) is 0. The van der Waals surface area contributed by atoms with Gasteiger partial charge in [-0.1, -0.05) is 96.1 Å². The number of carbonyl (C=O) groups excluding carboxylic acids is 2. The van der Waals surface area contributed by atoms with Crippen LogP contribution in [0.5, 0.6) is 0 Å². The van der Waals surface area contributed by atoms with Crippen LogP contribution in [0.1, 0.15) is 57.6 Å². The van der Waals surface area contributed by atoms with Crippen LogP contribution in [0.15, 0.2) is 96.1 Å². The standard InChI is InChI=1S/C43H53N3O13/c1-26(2)54-41-37(59-42(49)43(3,4)5)34(52-24-28-17-11-7-12-18-28)35(36(58-41)38(48)50-22-21-47)57-40-31(45-46-44)33(51-23-27-15-9-6-10-16-27)32-30(55-40)25-53-39(56-32)29-19-13-8-14-20-29/h6-20,26,30-37,39-41,47H,21-25H2,1-5H3/t30-,31-,32-,33-,34+,35+,36-,37-,39?,40-,41-/m1/s1. The monoisotopic (exact) mass is 819 g/mol. The first-order chi connectivity index (χ1) is 28.5. The minimum absolute atomic E-state index is 0.0108. The molecule has 16 nitrogen and oxygen atoms in total. The number of benzene rings is 3. The predicted molar refractivity (Wildman–Crippen MR) is 209 cm³/mol. The molecular formula is C43H53N3O13. The normalized spacial score (nSPS) is 29.5. The molecule has 0 saturated carbocycles. The number of esters is 2. The highest BCUT2D eigenvalue weighted by Gasteiger charge is 2.58. The second-order valence-electron chi connectivity index (χ2n) is 15.7. The number of hydrogen-bond donors (Lipinski definition) is 1. The fourth-order valence-corrected chi connectivity index (χ4v) is 6.88. The number of fused-ring (bicyclic) bond motifs is 1. The van der Waals surface area contributed by atoms with E-state index in [1.54, 1.807) is 34.6 Å². The van der Waals surface area contributed by atoms with Crippen molar-refractivity contribution in [2.24, 2.45) is 10.5 Å². The Balaban J connectivity index is 1.40. The van der Waals surface area contributed by atoms with Gasteiger partial charge in [-0.2, -0.15) is 0 Å². The molecule has 3 heterocycles. The van der Waals surface area contributed by atoms with Crippen LogP contribution >= 0.6 is 0 Å². The van der Waals surface area contributed by atoms with Crippen molar-refractivity contribution in [3.05, 3.63) is 118 Å². The summed E-state index contributed by atoms with van der Waals surface area (Å²) in [5.41, 5.74) is 11.4. The molecule has 0 aromatic heterocycles. The number of azide groups is 1. The van der Waals surface area contributed by atoms with E-state index in [2.05, 4.69) is 10.0 Å². The van der Waals surface area contributed by atoms with Crippen molar-refractivity contribution in [3.63, 3.8) is 0 Å². The Kier molecular flexibility index (Phi) is 15.5. The van der Waals surface area contributed by atoms with Crippen LogP contribution in [0.4, 0.5) is 0 Å². The van der Waals surface area contributed by atoms with Gasteiger partial charge in [0, 0.05) is 10.5 Å². The first kappa shape index (κ1) is 44.1. The lowest BCUT2D eigenvalue weighted by molar-refractivity contribution is -0.374. The maximum atomic E-state index is 13.9. The topological polar surface area (TPSA) is 195 Å². The quantitative estimate of drug-likeness (QED) is 0.0801. The summed E-state index contributed by atoms with van der Waals surface area (Å²) in [5.74, 6) is -1.52. The van der Waals surface area contributed by atoms with E-state index < -0.39 is 97.7 Å². The van der Waals surface area contributed by atoms with Crippen molar-refractivity contribution in [2.75, 3.05) is 19.8 Å². The molecule has 3 aliphatic heterocycles. The van der Waals surface area contributed by atoms with E-state index in [0.717, 1.165) is 16.7 Å². The number of hydrogen-bond acceptors (Lipinski definition) is 14. The molecule has 0 bridgehead atoms. The van der Waals surface area contributed by atoms with Gasteiger partial charge in [-0.15, -0.1) is 0 Å². The van der Waals surface area contributed by atoms with Gasteiger partial charge in [-0.3, -0.25) is 4.79 Å². The van der Waals surface area contributed by atoms with Gasteiger partial charge in [0.25, 0.3) is 0 Å². The summed E-state index contributed by atoms with van der Waals surface area (Å²) in [6, 6.07) is 26.8. The molecular weight excluding hydrogens is 766 g/mol. The maximum absolute atomic E-state index is 13.9. The zero-order valence-electron chi connectivity index (χ0n) is 33.8. The number of carbonyl (C=O) groups is 2. The lowest BCUT2D eigenvalue weighted by Crippen LogP contribution is -2.67. The van der Waals surface area contributed by atoms with Crippen LogP contribution in [0, 0.1) is 5.41 Å². The van der Waals surface area contributed by atoms with Crippen molar-refractivity contribution in [2.45, 2.75) is 122 Å². The minimum Gasteiger partial charge on any atom is -0.461 e. The molecule has 0 aliphatic carbocycles. The molecule has 1 N–H and O–H groups in total. The van der Waals surface area contributed by atoms with Crippen LogP contribution in [0.3, 0.4) is 0 Å². The Morgan fingerprint density at radius 1 is 0.831 bits per heavy atom. The first-order valence-electron chi connectivity index (χ1n) is 19.7. The van der Waals surface area contributed by atoms with Gasteiger partial charge in [0.2, 0.25) is 0 Å². The molecule has 11 atom stereocenters. The van der Waals surface area contributed by atoms with Crippen molar-refractivity contribution in [1.29, 1.82) is 0 Å². The molecule has 1 unspecified atom stereocenters. The molecule has 3 aliphatic rings. The average Bonchev–Trinajstić information content (AvgIpc) is 3.23. The zero-order chi connectivity index (χ0) is 41.9. The molecule has 3 aromatic rings. The third-order valence-corrected chi connectivity index (χ3v) is 9.75. The summed E-state index contributed by atoms with van der Waals surface area (Å²) >= 11 is 0. The zero-order valence-corrected chi connectivity index (χ0v) is 33.8. The van der Waals surface area contributed by atoms with E-state index in [-0.39, 0.29) is 26.4 Å². The summed E-state index contributed by atoms with van der Waals surface area (Å²) in [6.45, 7) is 7.94. The minimum atomic E-state index is -1.59. The van der Waals surface area contributed by atoms with Gasteiger partial charge >= 0.3 is 11.9 Å². The predicted octanol–water partition coefficient (Wildman–Crippen LogP) is 5.70. The van der Waals surface area contributed by atoms with Crippen molar-refractivity contribution in [3.8, 4) is 0 Å². The van der Waals surface area contributed by atoms with Crippen LogP contribution < -0.4 is 0 Å². The molecule has 16 heteroatoms. The highest BCUT2D eigenvalue weighted by molar-refractivity contribution is 5.77. The molecule has 6 rings (SSSR count). The van der Waals surface area contributed by atoms with Gasteiger partial charge in [0.05, 0.1) is 37.9 Å². The molecule has 59 heavy (non-hydrogen) atoms. The Morgan fingerprint density at radius 3 is 2.02 bits per heavy atom. The molecule has 0 spiro atoms. The molecule has 3 fully saturated rings. The second kappa shape index (κ2) is 20.7. The molecule has 3 aromatic carbocycles. The Hall–Kier alpha value is -4.45. The molecule has 3 saturated heterocycles. The third kappa shape index (κ3) is 11.4. The van der Waals surface area contributed by atoms with Gasteiger partial charge < -0.3 is 52.5 Å². The van der Waals surface area contributed by atoms with Crippen molar-refractivity contribution >= 4 is 11.9 Å². The highest BCUT2D eigenvalue weighted by Crippen LogP contribution is 2.40. The fraction of sp³-hybridized carbons (Fsp3) is 0.535. The van der Waals surface area contributed by atoms with Crippen LogP contribution in [-0.4, -0.2) is 104 Å². The van der Waals surface area contributed by atoms with Gasteiger partial charge in [-0.05, 0) is 51.3 Å². The lowest BCUT2D eigenvalue weighted by Gasteiger charge is -2.50. The molecule has 318 valence electrons. The van der Waals surface area contributed by atoms with Crippen LogP contribution in [-0.2, 0) is 70.2 Å². The average molecular weight is 820 g/mol. The van der Waals surface area contributed by atoms with Crippen LogP contribution in [0.25, 0.3) is 10.4 Å².